The van der Waals surface area contributed by atoms with Gasteiger partial charge in [-0.3, -0.25) is 4.79 Å². The second-order valence-electron chi connectivity index (χ2n) is 7.91. The summed E-state index contributed by atoms with van der Waals surface area (Å²) in [7, 11) is 0. The van der Waals surface area contributed by atoms with Gasteiger partial charge in [0.1, 0.15) is 5.82 Å². The van der Waals surface area contributed by atoms with Gasteiger partial charge in [-0.25, -0.2) is 4.98 Å². The third-order valence-electron chi connectivity index (χ3n) is 4.03. The van der Waals surface area contributed by atoms with E-state index < -0.39 is 5.91 Å². The van der Waals surface area contributed by atoms with Crippen LogP contribution >= 0.6 is 0 Å². The van der Waals surface area contributed by atoms with Crippen molar-refractivity contribution in [2.75, 3.05) is 10.6 Å². The third kappa shape index (κ3) is 7.25. The highest BCUT2D eigenvalue weighted by molar-refractivity contribution is 5.97. The number of aliphatic hydroxyl groups excluding tert-OH is 1. The normalized spacial score (nSPS) is 18.1. The third-order valence-corrected chi connectivity index (χ3v) is 4.03. The molecule has 140 valence electrons. The molecule has 7 nitrogen and oxygen atoms in total. The number of hydrogen-bond donors (Lipinski definition) is 4. The Morgan fingerprint density at radius 2 is 1.80 bits per heavy atom. The molecule has 3 rings (SSSR count). The fourth-order valence-electron chi connectivity index (χ4n) is 2.59. The van der Waals surface area contributed by atoms with Crippen LogP contribution in [0.2, 0.25) is 0 Å². The highest BCUT2D eigenvalue weighted by Crippen LogP contribution is 2.22. The van der Waals surface area contributed by atoms with Crippen molar-refractivity contribution in [3.05, 3.63) is 11.8 Å². The van der Waals surface area contributed by atoms with E-state index in [9.17, 15) is 4.79 Å². The van der Waals surface area contributed by atoms with Crippen LogP contribution in [-0.2, 0) is 0 Å². The van der Waals surface area contributed by atoms with Gasteiger partial charge >= 0.3 is 0 Å². The van der Waals surface area contributed by atoms with Crippen molar-refractivity contribution in [1.82, 2.24) is 9.97 Å². The predicted molar refractivity (Wildman–Crippen MR) is 99.7 cm³/mol. The largest absolute Gasteiger partial charge is 0.393 e. The molecule has 2 aliphatic rings. The van der Waals surface area contributed by atoms with Gasteiger partial charge in [-0.1, -0.05) is 19.3 Å². The van der Waals surface area contributed by atoms with Crippen LogP contribution in [0, 0.1) is 0 Å². The maximum Gasteiger partial charge on any atom is 0.254 e. The first-order chi connectivity index (χ1) is 11.7. The van der Waals surface area contributed by atoms with E-state index in [4.69, 9.17) is 10.8 Å². The fraction of sp³-hybridized carbons (Fsp3) is 0.722. The number of carbonyl (C=O) groups excluding carboxylic acids is 1. The zero-order chi connectivity index (χ0) is 18.4. The molecule has 1 amide bonds. The number of hydrogen-bond acceptors (Lipinski definition) is 6. The van der Waals surface area contributed by atoms with Gasteiger partial charge in [0.25, 0.3) is 5.91 Å². The Balaban J connectivity index is 0.000000493. The number of nitrogens with two attached hydrogens (primary N) is 1. The van der Waals surface area contributed by atoms with Crippen LogP contribution in [0.4, 0.5) is 11.8 Å². The molecular weight excluding hydrogens is 318 g/mol. The van der Waals surface area contributed by atoms with E-state index in [0.717, 1.165) is 25.7 Å². The highest BCUT2D eigenvalue weighted by Gasteiger charge is 2.19. The van der Waals surface area contributed by atoms with Gasteiger partial charge in [-0.05, 0) is 46.5 Å². The minimum atomic E-state index is -0.522. The number of anilines is 2. The van der Waals surface area contributed by atoms with Crippen LogP contribution in [0.3, 0.4) is 0 Å². The summed E-state index contributed by atoms with van der Waals surface area (Å²) in [6, 6.07) is 0.417. The molecule has 0 bridgehead atoms. The Labute approximate surface area is 149 Å². The lowest BCUT2D eigenvalue weighted by molar-refractivity contribution is 0.100. The van der Waals surface area contributed by atoms with Crippen molar-refractivity contribution in [2.45, 2.75) is 83.4 Å². The number of rotatable bonds is 4. The topological polar surface area (TPSA) is 113 Å². The van der Waals surface area contributed by atoms with Crippen molar-refractivity contribution in [3.8, 4) is 0 Å². The minimum absolute atomic E-state index is 0.0833. The first-order valence-electron chi connectivity index (χ1n) is 9.14. The van der Waals surface area contributed by atoms with Crippen molar-refractivity contribution in [1.29, 1.82) is 0 Å². The lowest BCUT2D eigenvalue weighted by atomic mass is 9.96. The zero-order valence-electron chi connectivity index (χ0n) is 15.5. The first kappa shape index (κ1) is 19.4. The summed E-state index contributed by atoms with van der Waals surface area (Å²) in [6.07, 6.45) is 9.73. The van der Waals surface area contributed by atoms with E-state index in [-0.39, 0.29) is 11.6 Å². The molecule has 0 saturated heterocycles. The molecule has 2 fully saturated rings. The molecule has 1 heterocycles. The Morgan fingerprint density at radius 3 is 2.28 bits per heavy atom. The average Bonchev–Trinajstić information content (AvgIpc) is 3.29. The van der Waals surface area contributed by atoms with Crippen LogP contribution < -0.4 is 16.4 Å². The number of nitrogens with one attached hydrogen (secondary N) is 2. The Morgan fingerprint density at radius 1 is 1.20 bits per heavy atom. The number of aromatic nitrogens is 2. The van der Waals surface area contributed by atoms with Crippen molar-refractivity contribution >= 4 is 17.7 Å². The second kappa shape index (κ2) is 8.47. The minimum Gasteiger partial charge on any atom is -0.393 e. The van der Waals surface area contributed by atoms with Gasteiger partial charge in [0.2, 0.25) is 5.95 Å². The molecule has 2 aliphatic carbocycles. The lowest BCUT2D eigenvalue weighted by Gasteiger charge is -2.25. The van der Waals surface area contributed by atoms with Crippen LogP contribution in [0.5, 0.6) is 0 Å². The van der Waals surface area contributed by atoms with E-state index in [2.05, 4.69) is 20.6 Å². The molecular formula is C18H31N5O2. The Kier molecular flexibility index (Phi) is 6.58. The van der Waals surface area contributed by atoms with Crippen LogP contribution in [0.1, 0.15) is 76.1 Å². The molecule has 0 unspecified atom stereocenters. The van der Waals surface area contributed by atoms with Gasteiger partial charge in [-0.15, -0.1) is 0 Å². The highest BCUT2D eigenvalue weighted by atomic mass is 16.3. The first-order valence-corrected chi connectivity index (χ1v) is 9.14. The van der Waals surface area contributed by atoms with Crippen LogP contribution in [0.15, 0.2) is 6.20 Å². The maximum absolute atomic E-state index is 11.5. The molecule has 0 spiro atoms. The van der Waals surface area contributed by atoms with Crippen molar-refractivity contribution in [3.63, 3.8) is 0 Å². The van der Waals surface area contributed by atoms with Crippen molar-refractivity contribution in [2.24, 2.45) is 5.73 Å². The number of nitrogens with zero attached hydrogens (tertiary/aromatic N) is 2. The van der Waals surface area contributed by atoms with Crippen LogP contribution in [0.25, 0.3) is 0 Å². The molecule has 0 aromatic carbocycles. The molecule has 5 N–H and O–H groups in total. The SMILES string of the molecule is CC(C)(C)Nc1nc(NC2CCCCC2)ncc1C(N)=O.OC1CC1. The standard InChI is InChI=1S/C15H25N5O.C3H6O/c1-15(2,3)20-13-11(12(16)21)9-17-14(19-13)18-10-7-5-4-6-8-10;4-3-1-2-3/h9-10H,4-8H2,1-3H3,(H2,16,21)(H2,17,18,19,20);3-4H,1-2H2. The van der Waals surface area contributed by atoms with Gasteiger partial charge in [0, 0.05) is 17.8 Å². The summed E-state index contributed by atoms with van der Waals surface area (Å²) in [4.78, 5) is 20.2. The fourth-order valence-corrected chi connectivity index (χ4v) is 2.59. The zero-order valence-corrected chi connectivity index (χ0v) is 15.5. The Hall–Kier alpha value is -1.89. The lowest BCUT2D eigenvalue weighted by Crippen LogP contribution is -2.30. The maximum atomic E-state index is 11.5. The van der Waals surface area contributed by atoms with E-state index in [1.165, 1.54) is 25.5 Å². The average molecular weight is 349 g/mol. The molecule has 7 heteroatoms. The van der Waals surface area contributed by atoms with E-state index in [1.54, 1.807) is 0 Å². The predicted octanol–water partition coefficient (Wildman–Crippen LogP) is 2.67. The molecule has 25 heavy (non-hydrogen) atoms. The molecule has 0 aliphatic heterocycles. The van der Waals surface area contributed by atoms with Crippen molar-refractivity contribution < 1.29 is 9.90 Å². The van der Waals surface area contributed by atoms with E-state index in [1.807, 2.05) is 20.8 Å². The Bertz CT molecular complexity index is 575. The molecule has 2 saturated carbocycles. The molecule has 1 aromatic heterocycles. The van der Waals surface area contributed by atoms with Crippen LogP contribution in [-0.4, -0.2) is 38.7 Å². The van der Waals surface area contributed by atoms with Gasteiger partial charge < -0.3 is 21.5 Å². The smallest absolute Gasteiger partial charge is 0.254 e. The number of aliphatic hydroxyl groups is 1. The summed E-state index contributed by atoms with van der Waals surface area (Å²) in [5, 5.41) is 14.7. The summed E-state index contributed by atoms with van der Waals surface area (Å²) in [5.74, 6) is 0.521. The summed E-state index contributed by atoms with van der Waals surface area (Å²) in [5.41, 5.74) is 5.50. The van der Waals surface area contributed by atoms with Gasteiger partial charge in [-0.2, -0.15) is 4.98 Å². The summed E-state index contributed by atoms with van der Waals surface area (Å²) < 4.78 is 0. The van der Waals surface area contributed by atoms with Gasteiger partial charge in [0.15, 0.2) is 0 Å². The number of amides is 1. The monoisotopic (exact) mass is 349 g/mol. The number of carbonyl (C=O) groups is 1. The summed E-state index contributed by atoms with van der Waals surface area (Å²) >= 11 is 0. The molecule has 0 radical (unpaired) electrons. The quantitative estimate of drug-likeness (QED) is 0.665. The second-order valence-corrected chi connectivity index (χ2v) is 7.91. The number of primary amides is 1. The molecule has 0 atom stereocenters. The molecule has 1 aromatic rings. The van der Waals surface area contributed by atoms with E-state index in [0.29, 0.717) is 23.4 Å². The van der Waals surface area contributed by atoms with E-state index >= 15 is 0 Å². The summed E-state index contributed by atoms with van der Waals surface area (Å²) in [6.45, 7) is 6.02. The van der Waals surface area contributed by atoms with Gasteiger partial charge in [0.05, 0.1) is 11.7 Å².